The van der Waals surface area contributed by atoms with Crippen LogP contribution in [0.5, 0.6) is 0 Å². The van der Waals surface area contributed by atoms with Gasteiger partial charge in [-0.3, -0.25) is 9.59 Å². The van der Waals surface area contributed by atoms with Gasteiger partial charge in [-0.25, -0.2) is 4.79 Å². The van der Waals surface area contributed by atoms with E-state index in [9.17, 15) is 22.8 Å². The Kier molecular flexibility index (Phi) is 8.02. The summed E-state index contributed by atoms with van der Waals surface area (Å²) in [7, 11) is 0. The molecule has 1 spiro atoms. The van der Waals surface area contributed by atoms with Crippen molar-refractivity contribution in [3.05, 3.63) is 0 Å². The number of hydrogen-bond donors (Lipinski definition) is 1. The van der Waals surface area contributed by atoms with Gasteiger partial charge >= 0.3 is 12.1 Å². The second kappa shape index (κ2) is 10.4. The quantitative estimate of drug-likeness (QED) is 0.685. The van der Waals surface area contributed by atoms with Crippen LogP contribution in [-0.4, -0.2) is 101 Å². The van der Waals surface area contributed by atoms with E-state index >= 15 is 0 Å². The van der Waals surface area contributed by atoms with Gasteiger partial charge in [0.05, 0.1) is 0 Å². The Balaban J connectivity index is 0.000000360. The molecule has 0 aromatic rings. The van der Waals surface area contributed by atoms with Gasteiger partial charge in [0.25, 0.3) is 5.91 Å². The number of hydrogen-bond acceptors (Lipinski definition) is 5. The van der Waals surface area contributed by atoms with Gasteiger partial charge in [-0.2, -0.15) is 13.2 Å². The van der Waals surface area contributed by atoms with Crippen molar-refractivity contribution in [2.75, 3.05) is 45.9 Å². The lowest BCUT2D eigenvalue weighted by atomic mass is 9.84. The zero-order valence-corrected chi connectivity index (χ0v) is 18.2. The normalized spacial score (nSPS) is 25.8. The summed E-state index contributed by atoms with van der Waals surface area (Å²) in [5.74, 6) is -2.27. The molecule has 4 heterocycles. The van der Waals surface area contributed by atoms with Gasteiger partial charge < -0.3 is 24.5 Å². The Morgan fingerprint density at radius 3 is 2.19 bits per heavy atom. The standard InChI is InChI=1S/C19H31N3O3.C2HF3O2/c23-17-5-6-19(22(17)14-13-20-9-1-2-10-20)7-11-21(12-8-19)18(24)16-4-3-15-25-16;3-2(4,5)1(6)7/h16H,1-15H2;(H,6,7)/t16-;/m1./s1. The first kappa shape index (κ1) is 24.8. The second-order valence-corrected chi connectivity index (χ2v) is 8.95. The predicted molar refractivity (Wildman–Crippen MR) is 108 cm³/mol. The molecule has 0 aromatic heterocycles. The van der Waals surface area contributed by atoms with E-state index in [4.69, 9.17) is 14.6 Å². The number of carboxylic acid groups (broad SMARTS) is 1. The first-order chi connectivity index (χ1) is 15.1. The first-order valence-electron chi connectivity index (χ1n) is 11.4. The number of aliphatic carboxylic acids is 1. The molecule has 0 bridgehead atoms. The number of carboxylic acids is 1. The van der Waals surface area contributed by atoms with Crippen LogP contribution in [0.1, 0.15) is 51.4 Å². The highest BCUT2D eigenvalue weighted by Gasteiger charge is 2.47. The van der Waals surface area contributed by atoms with Crippen LogP contribution in [0, 0.1) is 0 Å². The average molecular weight is 463 g/mol. The number of nitrogens with zero attached hydrogens (tertiary/aromatic N) is 3. The fourth-order valence-electron chi connectivity index (χ4n) is 5.12. The number of carbonyl (C=O) groups is 3. The van der Waals surface area contributed by atoms with Gasteiger partial charge in [-0.05, 0) is 58.0 Å². The molecule has 0 unspecified atom stereocenters. The van der Waals surface area contributed by atoms with E-state index in [1.807, 2.05) is 4.90 Å². The van der Waals surface area contributed by atoms with Crippen LogP contribution in [0.25, 0.3) is 0 Å². The molecule has 4 rings (SSSR count). The van der Waals surface area contributed by atoms with Crippen LogP contribution in [0.3, 0.4) is 0 Å². The van der Waals surface area contributed by atoms with Crippen LogP contribution < -0.4 is 0 Å². The van der Waals surface area contributed by atoms with Crippen LogP contribution in [-0.2, 0) is 19.1 Å². The molecule has 0 aliphatic carbocycles. The lowest BCUT2D eigenvalue weighted by Gasteiger charge is -2.45. The van der Waals surface area contributed by atoms with E-state index in [2.05, 4.69) is 9.80 Å². The second-order valence-electron chi connectivity index (χ2n) is 8.95. The summed E-state index contributed by atoms with van der Waals surface area (Å²) in [5.41, 5.74) is 0.00409. The highest BCUT2D eigenvalue weighted by Crippen LogP contribution is 2.39. The third-order valence-corrected chi connectivity index (χ3v) is 6.97. The van der Waals surface area contributed by atoms with Crippen molar-refractivity contribution in [3.8, 4) is 0 Å². The molecule has 4 aliphatic rings. The third-order valence-electron chi connectivity index (χ3n) is 6.97. The minimum atomic E-state index is -5.08. The van der Waals surface area contributed by atoms with Crippen molar-refractivity contribution in [3.63, 3.8) is 0 Å². The van der Waals surface area contributed by atoms with Crippen LogP contribution in [0.2, 0.25) is 0 Å². The predicted octanol–water partition coefficient (Wildman–Crippen LogP) is 1.88. The van der Waals surface area contributed by atoms with Crippen molar-refractivity contribution in [1.29, 1.82) is 0 Å². The Morgan fingerprint density at radius 2 is 1.66 bits per heavy atom. The molecule has 0 aromatic carbocycles. The lowest BCUT2D eigenvalue weighted by Crippen LogP contribution is -2.56. The van der Waals surface area contributed by atoms with Crippen molar-refractivity contribution >= 4 is 17.8 Å². The SMILES string of the molecule is O=C(O)C(F)(F)F.O=C([C@H]1CCCO1)N1CCC2(CCC(=O)N2CCN2CCCC2)CC1. The van der Waals surface area contributed by atoms with Crippen molar-refractivity contribution in [2.45, 2.75) is 69.2 Å². The van der Waals surface area contributed by atoms with Gasteiger partial charge in [0.2, 0.25) is 5.91 Å². The molecule has 4 saturated heterocycles. The zero-order chi connectivity index (χ0) is 23.4. The maximum atomic E-state index is 12.6. The molecule has 32 heavy (non-hydrogen) atoms. The van der Waals surface area contributed by atoms with Gasteiger partial charge in [0.15, 0.2) is 0 Å². The number of ether oxygens (including phenoxy) is 1. The Hall–Kier alpha value is -1.88. The molecular formula is C21H32F3N3O5. The summed E-state index contributed by atoms with van der Waals surface area (Å²) < 4.78 is 37.3. The number of amides is 2. The van der Waals surface area contributed by atoms with Crippen molar-refractivity contribution < 1.29 is 37.4 Å². The average Bonchev–Trinajstić information content (AvgIpc) is 3.50. The zero-order valence-electron chi connectivity index (χ0n) is 18.2. The van der Waals surface area contributed by atoms with Crippen LogP contribution in [0.4, 0.5) is 13.2 Å². The molecule has 4 aliphatic heterocycles. The highest BCUT2D eigenvalue weighted by molar-refractivity contribution is 5.82. The summed E-state index contributed by atoms with van der Waals surface area (Å²) in [6, 6.07) is 0. The molecule has 4 fully saturated rings. The van der Waals surface area contributed by atoms with Gasteiger partial charge in [-0.15, -0.1) is 0 Å². The number of alkyl halides is 3. The molecule has 0 saturated carbocycles. The molecule has 8 nitrogen and oxygen atoms in total. The number of halogens is 3. The number of likely N-dealkylation sites (tertiary alicyclic amines) is 3. The first-order valence-corrected chi connectivity index (χ1v) is 11.4. The fourth-order valence-corrected chi connectivity index (χ4v) is 5.12. The summed E-state index contributed by atoms with van der Waals surface area (Å²) in [5, 5.41) is 7.12. The highest BCUT2D eigenvalue weighted by atomic mass is 19.4. The van der Waals surface area contributed by atoms with E-state index < -0.39 is 12.1 Å². The maximum absolute atomic E-state index is 12.6. The molecule has 1 atom stereocenters. The van der Waals surface area contributed by atoms with E-state index in [0.29, 0.717) is 18.9 Å². The van der Waals surface area contributed by atoms with E-state index in [0.717, 1.165) is 58.3 Å². The Labute approximate surface area is 185 Å². The molecular weight excluding hydrogens is 431 g/mol. The topological polar surface area (TPSA) is 90.4 Å². The number of carbonyl (C=O) groups excluding carboxylic acids is 2. The summed E-state index contributed by atoms with van der Waals surface area (Å²) in [6.45, 7) is 6.48. The monoisotopic (exact) mass is 463 g/mol. The Bertz CT molecular complexity index is 683. The molecule has 11 heteroatoms. The molecule has 2 amide bonds. The van der Waals surface area contributed by atoms with E-state index in [1.165, 1.54) is 25.9 Å². The fraction of sp³-hybridized carbons (Fsp3) is 0.857. The van der Waals surface area contributed by atoms with Gasteiger partial charge in [0, 0.05) is 44.7 Å². The lowest BCUT2D eigenvalue weighted by molar-refractivity contribution is -0.192. The largest absolute Gasteiger partial charge is 0.490 e. The van der Waals surface area contributed by atoms with Gasteiger partial charge in [0.1, 0.15) is 6.10 Å². The van der Waals surface area contributed by atoms with Gasteiger partial charge in [-0.1, -0.05) is 0 Å². The van der Waals surface area contributed by atoms with Crippen molar-refractivity contribution in [1.82, 2.24) is 14.7 Å². The van der Waals surface area contributed by atoms with Crippen LogP contribution in [0.15, 0.2) is 0 Å². The summed E-state index contributed by atoms with van der Waals surface area (Å²) >= 11 is 0. The number of rotatable bonds is 4. The minimum absolute atomic E-state index is 0.00409. The molecule has 0 radical (unpaired) electrons. The molecule has 1 N–H and O–H groups in total. The van der Waals surface area contributed by atoms with E-state index in [1.54, 1.807) is 0 Å². The van der Waals surface area contributed by atoms with Crippen molar-refractivity contribution in [2.24, 2.45) is 0 Å². The smallest absolute Gasteiger partial charge is 0.475 e. The maximum Gasteiger partial charge on any atom is 0.490 e. The summed E-state index contributed by atoms with van der Waals surface area (Å²) in [4.78, 5) is 40.6. The summed E-state index contributed by atoms with van der Waals surface area (Å²) in [6.07, 6.45) is 2.64. The minimum Gasteiger partial charge on any atom is -0.475 e. The van der Waals surface area contributed by atoms with E-state index in [-0.39, 0.29) is 17.6 Å². The Morgan fingerprint density at radius 1 is 1.03 bits per heavy atom. The third kappa shape index (κ3) is 5.92. The number of piperidine rings is 1. The molecule has 182 valence electrons. The van der Waals surface area contributed by atoms with Crippen LogP contribution >= 0.6 is 0 Å².